The second-order valence-corrected chi connectivity index (χ2v) is 4.58. The number of thiol groups is 2. The number of nitrogens with zero attached hydrogens (tertiary/aromatic N) is 2. The number of hydrogen-bond acceptors (Lipinski definition) is 2. The fourth-order valence-corrected chi connectivity index (χ4v) is 0. The molecule has 0 saturated carbocycles. The van der Waals surface area contributed by atoms with Gasteiger partial charge in [0.25, 0.3) is 0 Å². The van der Waals surface area contributed by atoms with Crippen molar-refractivity contribution in [3.8, 4) is 0 Å². The van der Waals surface area contributed by atoms with E-state index < -0.39 is 0 Å². The molecule has 0 aromatic rings. The molecule has 2 nitrogen and oxygen atoms in total. The minimum absolute atomic E-state index is 0.620. The summed E-state index contributed by atoms with van der Waals surface area (Å²) >= 11 is 18.6. The van der Waals surface area contributed by atoms with Crippen LogP contribution in [-0.4, -0.2) is 63.5 Å². The van der Waals surface area contributed by atoms with E-state index in [9.17, 15) is 0 Å². The van der Waals surface area contributed by atoms with Crippen molar-refractivity contribution < 1.29 is 0 Å². The molecule has 0 aliphatic heterocycles. The molecule has 0 aliphatic rings. The van der Waals surface area contributed by atoms with Gasteiger partial charge >= 0.3 is 22.6 Å². The molecule has 0 rings (SSSR count). The number of hydrogen-bond donors (Lipinski definition) is 2. The molecule has 86 valence electrons. The van der Waals surface area contributed by atoms with E-state index >= 15 is 0 Å². The summed E-state index contributed by atoms with van der Waals surface area (Å²) in [6.07, 6.45) is 0. The molecule has 14 heavy (non-hydrogen) atoms. The maximum absolute atomic E-state index is 4.61. The van der Waals surface area contributed by atoms with Crippen LogP contribution in [0.15, 0.2) is 0 Å². The van der Waals surface area contributed by atoms with Crippen molar-refractivity contribution in [2.75, 3.05) is 28.2 Å². The van der Waals surface area contributed by atoms with E-state index in [0.29, 0.717) is 8.64 Å². The van der Waals surface area contributed by atoms with Crippen LogP contribution in [0, 0.1) is 0 Å². The van der Waals surface area contributed by atoms with Crippen molar-refractivity contribution in [1.29, 1.82) is 0 Å². The van der Waals surface area contributed by atoms with Crippen LogP contribution >= 0.6 is 49.7 Å². The van der Waals surface area contributed by atoms with Gasteiger partial charge in [-0.2, -0.15) is 0 Å². The Morgan fingerprint density at radius 2 is 0.929 bits per heavy atom. The summed E-state index contributed by atoms with van der Waals surface area (Å²) in [6.45, 7) is 0. The standard InChI is InChI=1S/2C3H7NS2.CH5As/c2*1-4(2)3(5)6;1-2/h2*1-2H3,(H,5,6);2H2,1H3. The predicted octanol–water partition coefficient (Wildman–Crippen LogP) is 1.19. The molecule has 0 saturated heterocycles. The van der Waals surface area contributed by atoms with Crippen molar-refractivity contribution in [2.24, 2.45) is 0 Å². The van der Waals surface area contributed by atoms with Crippen LogP contribution in [0.1, 0.15) is 0 Å². The second-order valence-electron chi connectivity index (χ2n) is 2.35. The summed E-state index contributed by atoms with van der Waals surface area (Å²) in [5, 5.41) is 0. The number of thiocarbonyl (C=S) groups is 2. The Morgan fingerprint density at radius 1 is 0.857 bits per heavy atom. The molecule has 0 heterocycles. The number of rotatable bonds is 0. The molecule has 0 aliphatic carbocycles. The van der Waals surface area contributed by atoms with Gasteiger partial charge in [0.2, 0.25) is 0 Å². The van der Waals surface area contributed by atoms with E-state index in [-0.39, 0.29) is 0 Å². The summed E-state index contributed by atoms with van der Waals surface area (Å²) in [6, 6.07) is 0. The Bertz CT molecular complexity index is 144. The van der Waals surface area contributed by atoms with Gasteiger partial charge in [0.05, 0.1) is 0 Å². The van der Waals surface area contributed by atoms with Crippen LogP contribution in [0.5, 0.6) is 0 Å². The molecule has 0 N–H and O–H groups in total. The Labute approximate surface area is 118 Å². The normalized spacial score (nSPS) is 7.14. The molecule has 7 heteroatoms. The monoisotopic (exact) mass is 334 g/mol. The first kappa shape index (κ1) is 20.5. The zero-order valence-corrected chi connectivity index (χ0v) is 15.0. The van der Waals surface area contributed by atoms with E-state index in [4.69, 9.17) is 0 Å². The maximum atomic E-state index is 4.61. The Kier molecular flexibility index (Phi) is 20.5. The third kappa shape index (κ3) is 23.1. The van der Waals surface area contributed by atoms with Crippen LogP contribution in [0.4, 0.5) is 0 Å². The van der Waals surface area contributed by atoms with Crippen LogP contribution < -0.4 is 0 Å². The molecule has 0 radical (unpaired) electrons. The average molecular weight is 334 g/mol. The molecule has 0 spiro atoms. The van der Waals surface area contributed by atoms with Gasteiger partial charge in [0.15, 0.2) is 0 Å². The summed E-state index contributed by atoms with van der Waals surface area (Å²) in [5.41, 5.74) is 2.06. The first-order valence-corrected chi connectivity index (χ1v) is 7.80. The summed E-state index contributed by atoms with van der Waals surface area (Å²) in [5.74, 6) is 0. The van der Waals surface area contributed by atoms with E-state index in [1.807, 2.05) is 28.2 Å². The van der Waals surface area contributed by atoms with Gasteiger partial charge in [-0.1, -0.05) is 24.4 Å². The van der Waals surface area contributed by atoms with E-state index in [1.54, 1.807) is 26.7 Å². The van der Waals surface area contributed by atoms with Crippen molar-refractivity contribution >= 4 is 75.2 Å². The summed E-state index contributed by atoms with van der Waals surface area (Å²) < 4.78 is 1.24. The van der Waals surface area contributed by atoms with Crippen molar-refractivity contribution in [3.63, 3.8) is 0 Å². The van der Waals surface area contributed by atoms with E-state index in [1.165, 1.54) is 0 Å². The molecule has 1 unspecified atom stereocenters. The predicted molar refractivity (Wildman–Crippen MR) is 85.0 cm³/mol. The van der Waals surface area contributed by atoms with Crippen molar-refractivity contribution in [2.45, 2.75) is 5.71 Å². The third-order valence-electron chi connectivity index (χ3n) is 0.765. The molecule has 0 fully saturated rings. The van der Waals surface area contributed by atoms with Crippen molar-refractivity contribution in [1.82, 2.24) is 9.80 Å². The molecular formula is C7H19AsN2S4. The third-order valence-corrected chi connectivity index (χ3v) is 2.30. The van der Waals surface area contributed by atoms with Gasteiger partial charge in [0, 0.05) is 28.2 Å². The summed E-state index contributed by atoms with van der Waals surface area (Å²) in [4.78, 5) is 3.52. The molecule has 1 atom stereocenters. The van der Waals surface area contributed by atoms with E-state index in [2.05, 4.69) is 55.4 Å². The van der Waals surface area contributed by atoms with Gasteiger partial charge in [-0.3, -0.25) is 0 Å². The molecule has 0 bridgehead atoms. The molecular weight excluding hydrogens is 315 g/mol. The average Bonchev–Trinajstić information content (AvgIpc) is 2.08. The first-order chi connectivity index (χ1) is 6.29. The minimum atomic E-state index is 0.620. The van der Waals surface area contributed by atoms with Crippen LogP contribution in [0.2, 0.25) is 5.71 Å². The zero-order chi connectivity index (χ0) is 12.3. The Hall–Kier alpha value is 1.04. The van der Waals surface area contributed by atoms with Gasteiger partial charge < -0.3 is 9.80 Å². The van der Waals surface area contributed by atoms with Gasteiger partial charge in [-0.15, -0.1) is 25.3 Å². The zero-order valence-electron chi connectivity index (χ0n) is 9.18. The molecule has 0 aromatic heterocycles. The van der Waals surface area contributed by atoms with Crippen LogP contribution in [-0.2, 0) is 0 Å². The van der Waals surface area contributed by atoms with Gasteiger partial charge in [-0.25, -0.2) is 0 Å². The van der Waals surface area contributed by atoms with Gasteiger partial charge in [-0.05, 0) is 0 Å². The van der Waals surface area contributed by atoms with Crippen LogP contribution in [0.25, 0.3) is 0 Å². The SMILES string of the molecule is CN(C)C(=S)S.CN(C)C(=S)S.C[AsH2]. The Morgan fingerprint density at radius 3 is 0.929 bits per heavy atom. The summed E-state index contributed by atoms with van der Waals surface area (Å²) in [7, 11) is 7.43. The van der Waals surface area contributed by atoms with E-state index in [0.717, 1.165) is 0 Å². The van der Waals surface area contributed by atoms with Crippen LogP contribution in [0.3, 0.4) is 0 Å². The Balaban J connectivity index is -0.000000147. The van der Waals surface area contributed by atoms with Crippen molar-refractivity contribution in [3.05, 3.63) is 0 Å². The fraction of sp³-hybridized carbons (Fsp3) is 0.714. The van der Waals surface area contributed by atoms with Gasteiger partial charge in [0.1, 0.15) is 8.64 Å². The first-order valence-electron chi connectivity index (χ1n) is 3.67. The topological polar surface area (TPSA) is 6.48 Å². The second kappa shape index (κ2) is 14.0. The quantitative estimate of drug-likeness (QED) is 0.390. The fourth-order valence-electron chi connectivity index (χ4n) is 0. The molecule has 0 aromatic carbocycles. The molecule has 0 amide bonds.